The Labute approximate surface area is 101 Å². The van der Waals surface area contributed by atoms with E-state index in [1.54, 1.807) is 18.2 Å². The van der Waals surface area contributed by atoms with Gasteiger partial charge >= 0.3 is 5.97 Å². The molecule has 0 spiro atoms. The second kappa shape index (κ2) is 4.65. The Morgan fingerprint density at radius 1 is 1.50 bits per heavy atom. The quantitative estimate of drug-likeness (QED) is 0.864. The minimum atomic E-state index is -1.38. The minimum Gasteiger partial charge on any atom is -0.478 e. The van der Waals surface area contributed by atoms with E-state index >= 15 is 0 Å². The Morgan fingerprint density at radius 2 is 2.12 bits per heavy atom. The van der Waals surface area contributed by atoms with Crippen LogP contribution in [0.5, 0.6) is 5.75 Å². The summed E-state index contributed by atoms with van der Waals surface area (Å²) in [6, 6.07) is 4.81. The topological polar surface area (TPSA) is 63.6 Å². The summed E-state index contributed by atoms with van der Waals surface area (Å²) in [4.78, 5) is 21.6. The molecule has 0 bridgehead atoms. The zero-order valence-electron chi connectivity index (χ0n) is 8.86. The summed E-state index contributed by atoms with van der Waals surface area (Å²) in [5.41, 5.74) is -1.06. The number of aldehydes is 1. The molecule has 0 aromatic heterocycles. The van der Waals surface area contributed by atoms with E-state index in [1.807, 2.05) is 0 Å². The molecule has 0 heterocycles. The third kappa shape index (κ3) is 2.82. The van der Waals surface area contributed by atoms with Crippen LogP contribution in [-0.2, 0) is 4.79 Å². The lowest BCUT2D eigenvalue weighted by Gasteiger charge is -2.22. The summed E-state index contributed by atoms with van der Waals surface area (Å²) in [7, 11) is 0. The third-order valence-electron chi connectivity index (χ3n) is 1.98. The van der Waals surface area contributed by atoms with Crippen molar-refractivity contribution >= 4 is 28.2 Å². The van der Waals surface area contributed by atoms with Crippen LogP contribution in [-0.4, -0.2) is 23.0 Å². The van der Waals surface area contributed by atoms with Crippen LogP contribution < -0.4 is 4.74 Å². The van der Waals surface area contributed by atoms with E-state index in [0.717, 1.165) is 0 Å². The highest BCUT2D eigenvalue weighted by atomic mass is 79.9. The Morgan fingerprint density at radius 3 is 2.62 bits per heavy atom. The maximum atomic E-state index is 10.9. The number of rotatable bonds is 4. The van der Waals surface area contributed by atoms with E-state index in [4.69, 9.17) is 9.84 Å². The smallest absolute Gasteiger partial charge is 0.347 e. The molecule has 0 atom stereocenters. The lowest BCUT2D eigenvalue weighted by molar-refractivity contribution is -0.152. The van der Waals surface area contributed by atoms with Crippen molar-refractivity contribution in [1.29, 1.82) is 0 Å². The van der Waals surface area contributed by atoms with Gasteiger partial charge in [0, 0.05) is 4.47 Å². The molecule has 0 radical (unpaired) electrons. The van der Waals surface area contributed by atoms with Crippen molar-refractivity contribution in [1.82, 2.24) is 0 Å². The largest absolute Gasteiger partial charge is 0.478 e. The minimum absolute atomic E-state index is 0.247. The molecule has 1 aromatic rings. The average molecular weight is 287 g/mol. The first-order valence-corrected chi connectivity index (χ1v) is 5.33. The maximum absolute atomic E-state index is 10.9. The van der Waals surface area contributed by atoms with Crippen molar-refractivity contribution in [2.45, 2.75) is 19.4 Å². The molecule has 0 unspecified atom stereocenters. The molecule has 0 fully saturated rings. The Bertz CT molecular complexity index is 426. The SMILES string of the molecule is CC(C)(Oc1cc(Br)ccc1C=O)C(=O)O. The molecule has 4 nitrogen and oxygen atoms in total. The first kappa shape index (κ1) is 12.7. The number of carbonyl (C=O) groups excluding carboxylic acids is 1. The Balaban J connectivity index is 3.09. The normalized spacial score (nSPS) is 10.9. The second-order valence-corrected chi connectivity index (χ2v) is 4.63. The van der Waals surface area contributed by atoms with Crippen LogP contribution in [0.2, 0.25) is 0 Å². The summed E-state index contributed by atoms with van der Waals surface area (Å²) in [5.74, 6) is -0.846. The monoisotopic (exact) mass is 286 g/mol. The van der Waals surface area contributed by atoms with E-state index in [1.165, 1.54) is 13.8 Å². The van der Waals surface area contributed by atoms with Crippen LogP contribution >= 0.6 is 15.9 Å². The molecule has 5 heteroatoms. The van der Waals surface area contributed by atoms with Crippen LogP contribution in [0.25, 0.3) is 0 Å². The van der Waals surface area contributed by atoms with Crippen molar-refractivity contribution in [2.75, 3.05) is 0 Å². The molecule has 0 aliphatic heterocycles. The van der Waals surface area contributed by atoms with Crippen LogP contribution in [0.3, 0.4) is 0 Å². The lowest BCUT2D eigenvalue weighted by Crippen LogP contribution is -2.38. The van der Waals surface area contributed by atoms with Gasteiger partial charge in [-0.1, -0.05) is 15.9 Å². The highest BCUT2D eigenvalue weighted by molar-refractivity contribution is 9.10. The molecule has 0 aliphatic rings. The number of carboxylic acid groups (broad SMARTS) is 1. The number of aliphatic carboxylic acids is 1. The van der Waals surface area contributed by atoms with Crippen LogP contribution in [0.4, 0.5) is 0 Å². The maximum Gasteiger partial charge on any atom is 0.347 e. The molecular weight excluding hydrogens is 276 g/mol. The van der Waals surface area contributed by atoms with Crippen LogP contribution in [0.1, 0.15) is 24.2 Å². The van der Waals surface area contributed by atoms with Crippen molar-refractivity contribution in [3.63, 3.8) is 0 Å². The molecule has 0 amide bonds. The summed E-state index contributed by atoms with van der Waals surface area (Å²) in [5, 5.41) is 8.91. The van der Waals surface area contributed by atoms with Gasteiger partial charge in [-0.25, -0.2) is 4.79 Å². The van der Waals surface area contributed by atoms with Gasteiger partial charge in [-0.2, -0.15) is 0 Å². The van der Waals surface area contributed by atoms with Gasteiger partial charge in [0.2, 0.25) is 0 Å². The number of carboxylic acids is 1. The number of benzene rings is 1. The molecule has 1 aromatic carbocycles. The predicted molar refractivity (Wildman–Crippen MR) is 61.9 cm³/mol. The fourth-order valence-corrected chi connectivity index (χ4v) is 1.35. The molecule has 1 rings (SSSR count). The summed E-state index contributed by atoms with van der Waals surface area (Å²) in [6.45, 7) is 2.84. The van der Waals surface area contributed by atoms with Gasteiger partial charge in [-0.05, 0) is 32.0 Å². The summed E-state index contributed by atoms with van der Waals surface area (Å²) in [6.07, 6.45) is 0.625. The first-order valence-electron chi connectivity index (χ1n) is 4.54. The molecule has 0 aliphatic carbocycles. The van der Waals surface area contributed by atoms with Gasteiger partial charge in [0.15, 0.2) is 11.9 Å². The summed E-state index contributed by atoms with van der Waals surface area (Å²) < 4.78 is 6.02. The molecule has 0 saturated heterocycles. The highest BCUT2D eigenvalue weighted by Gasteiger charge is 2.30. The number of hydrogen-bond donors (Lipinski definition) is 1. The molecule has 1 N–H and O–H groups in total. The predicted octanol–water partition coefficient (Wildman–Crippen LogP) is 2.50. The third-order valence-corrected chi connectivity index (χ3v) is 2.48. The van der Waals surface area contributed by atoms with Gasteiger partial charge < -0.3 is 9.84 Å². The summed E-state index contributed by atoms with van der Waals surface area (Å²) >= 11 is 3.23. The lowest BCUT2D eigenvalue weighted by atomic mass is 10.1. The average Bonchev–Trinajstić information content (AvgIpc) is 2.17. The van der Waals surface area contributed by atoms with E-state index < -0.39 is 11.6 Å². The Hall–Kier alpha value is -1.36. The zero-order valence-corrected chi connectivity index (χ0v) is 10.4. The van der Waals surface area contributed by atoms with Crippen molar-refractivity contribution < 1.29 is 19.4 Å². The number of ether oxygens (including phenoxy) is 1. The number of carbonyl (C=O) groups is 2. The van der Waals surface area contributed by atoms with Crippen molar-refractivity contribution in [2.24, 2.45) is 0 Å². The van der Waals surface area contributed by atoms with Crippen molar-refractivity contribution in [3.8, 4) is 5.75 Å². The second-order valence-electron chi connectivity index (χ2n) is 3.72. The Kier molecular flexibility index (Phi) is 3.70. The standard InChI is InChI=1S/C11H11BrO4/c1-11(2,10(14)15)16-9-5-8(12)4-3-7(9)6-13/h3-6H,1-2H3,(H,14,15). The molecule has 0 saturated carbocycles. The van der Waals surface area contributed by atoms with Crippen molar-refractivity contribution in [3.05, 3.63) is 28.2 Å². The first-order chi connectivity index (χ1) is 7.36. The number of halogens is 1. The van der Waals surface area contributed by atoms with Gasteiger partial charge in [-0.3, -0.25) is 4.79 Å². The molecule has 16 heavy (non-hydrogen) atoms. The fraction of sp³-hybridized carbons (Fsp3) is 0.273. The van der Waals surface area contributed by atoms with E-state index in [9.17, 15) is 9.59 Å². The van der Waals surface area contributed by atoms with Crippen LogP contribution in [0, 0.1) is 0 Å². The number of hydrogen-bond acceptors (Lipinski definition) is 3. The molecular formula is C11H11BrO4. The highest BCUT2D eigenvalue weighted by Crippen LogP contribution is 2.26. The van der Waals surface area contributed by atoms with E-state index in [2.05, 4.69) is 15.9 Å². The van der Waals surface area contributed by atoms with Gasteiger partial charge in [-0.15, -0.1) is 0 Å². The molecule has 86 valence electrons. The van der Waals surface area contributed by atoms with Crippen LogP contribution in [0.15, 0.2) is 22.7 Å². The zero-order chi connectivity index (χ0) is 12.3. The van der Waals surface area contributed by atoms with Gasteiger partial charge in [0.1, 0.15) is 5.75 Å². The van der Waals surface area contributed by atoms with E-state index in [0.29, 0.717) is 16.3 Å². The van der Waals surface area contributed by atoms with E-state index in [-0.39, 0.29) is 5.75 Å². The van der Waals surface area contributed by atoms with Gasteiger partial charge in [0.25, 0.3) is 0 Å². The van der Waals surface area contributed by atoms with Gasteiger partial charge in [0.05, 0.1) is 5.56 Å². The fourth-order valence-electron chi connectivity index (χ4n) is 1.01.